The van der Waals surface area contributed by atoms with Gasteiger partial charge in [0.25, 0.3) is 5.91 Å². The van der Waals surface area contributed by atoms with E-state index in [1.807, 2.05) is 41.3 Å². The molecule has 3 rings (SSSR count). The van der Waals surface area contributed by atoms with Crippen molar-refractivity contribution >= 4 is 23.3 Å². The molecule has 132 valence electrons. The largest absolute Gasteiger partial charge is 0.366 e. The van der Waals surface area contributed by atoms with Gasteiger partial charge in [0, 0.05) is 30.4 Å². The van der Waals surface area contributed by atoms with Gasteiger partial charge in [0.1, 0.15) is 5.82 Å². The summed E-state index contributed by atoms with van der Waals surface area (Å²) in [5.41, 5.74) is 1.67. The maximum Gasteiger partial charge on any atom is 0.255 e. The Balaban J connectivity index is 1.63. The van der Waals surface area contributed by atoms with Gasteiger partial charge in [0.15, 0.2) is 0 Å². The highest BCUT2D eigenvalue weighted by molar-refractivity contribution is 6.31. The molecule has 2 aromatic rings. The molecule has 1 unspecified atom stereocenters. The van der Waals surface area contributed by atoms with E-state index in [0.717, 1.165) is 42.2 Å². The van der Waals surface area contributed by atoms with Gasteiger partial charge in [-0.05, 0) is 49.4 Å². The molecule has 5 heteroatoms. The topological polar surface area (TPSA) is 45.2 Å². The van der Waals surface area contributed by atoms with Crippen molar-refractivity contribution in [2.45, 2.75) is 45.2 Å². The van der Waals surface area contributed by atoms with E-state index in [2.05, 4.69) is 17.2 Å². The Kier molecular flexibility index (Phi) is 5.92. The van der Waals surface area contributed by atoms with Gasteiger partial charge >= 0.3 is 0 Å². The van der Waals surface area contributed by atoms with Crippen molar-refractivity contribution in [3.8, 4) is 0 Å². The van der Waals surface area contributed by atoms with Crippen LogP contribution in [0.4, 0.5) is 5.82 Å². The Labute approximate surface area is 154 Å². The van der Waals surface area contributed by atoms with Crippen molar-refractivity contribution in [2.75, 3.05) is 11.9 Å². The maximum absolute atomic E-state index is 12.8. The predicted octanol–water partition coefficient (Wildman–Crippen LogP) is 4.75. The molecule has 1 atom stereocenters. The van der Waals surface area contributed by atoms with Crippen molar-refractivity contribution in [1.82, 2.24) is 9.88 Å². The number of rotatable bonds is 5. The first-order valence-corrected chi connectivity index (χ1v) is 9.31. The highest BCUT2D eigenvalue weighted by Crippen LogP contribution is 2.22. The molecule has 1 N–H and O–H groups in total. The van der Waals surface area contributed by atoms with Gasteiger partial charge in [0.05, 0.1) is 5.56 Å². The van der Waals surface area contributed by atoms with Gasteiger partial charge in [0.2, 0.25) is 0 Å². The van der Waals surface area contributed by atoms with Crippen LogP contribution in [0.1, 0.15) is 48.5 Å². The number of anilines is 1. The zero-order chi connectivity index (χ0) is 17.6. The minimum atomic E-state index is 0.0942. The van der Waals surface area contributed by atoms with Crippen LogP contribution >= 0.6 is 11.6 Å². The van der Waals surface area contributed by atoms with E-state index in [0.29, 0.717) is 18.2 Å². The van der Waals surface area contributed by atoms with Crippen LogP contribution in [0.5, 0.6) is 0 Å². The maximum atomic E-state index is 12.8. The lowest BCUT2D eigenvalue weighted by Crippen LogP contribution is -2.43. The number of amides is 1. The Bertz CT molecular complexity index is 717. The highest BCUT2D eigenvalue weighted by atomic mass is 35.5. The molecule has 1 aliphatic heterocycles. The summed E-state index contributed by atoms with van der Waals surface area (Å²) in [6.45, 7) is 3.60. The van der Waals surface area contributed by atoms with Crippen LogP contribution in [0.2, 0.25) is 5.02 Å². The summed E-state index contributed by atoms with van der Waals surface area (Å²) in [6.07, 6.45) is 6.08. The van der Waals surface area contributed by atoms with E-state index >= 15 is 0 Å². The lowest BCUT2D eigenvalue weighted by Gasteiger charge is -2.35. The molecular weight excluding hydrogens is 334 g/mol. The number of halogens is 1. The number of benzene rings is 1. The number of carbonyl (C=O) groups excluding carboxylic acids is 1. The Hall–Kier alpha value is -2.07. The minimum absolute atomic E-state index is 0.0942. The SMILES string of the molecule is CCC1CCCCN1C(=O)c1ccc(NCc2ccccc2Cl)nc1. The molecule has 4 nitrogen and oxygen atoms in total. The minimum Gasteiger partial charge on any atom is -0.366 e. The predicted molar refractivity (Wildman–Crippen MR) is 102 cm³/mol. The van der Waals surface area contributed by atoms with E-state index in [1.54, 1.807) is 6.20 Å². The first kappa shape index (κ1) is 17.7. The fourth-order valence-corrected chi connectivity index (χ4v) is 3.51. The smallest absolute Gasteiger partial charge is 0.255 e. The average molecular weight is 358 g/mol. The van der Waals surface area contributed by atoms with Crippen molar-refractivity contribution in [1.29, 1.82) is 0 Å². The number of nitrogens with one attached hydrogen (secondary N) is 1. The molecular formula is C20H24ClN3O. The molecule has 0 bridgehead atoms. The Morgan fingerprint density at radius 3 is 2.84 bits per heavy atom. The molecule has 0 spiro atoms. The second kappa shape index (κ2) is 8.34. The third-order valence-electron chi connectivity index (χ3n) is 4.79. The van der Waals surface area contributed by atoms with E-state index in [4.69, 9.17) is 11.6 Å². The van der Waals surface area contributed by atoms with Crippen LogP contribution in [-0.4, -0.2) is 28.4 Å². The van der Waals surface area contributed by atoms with Gasteiger partial charge < -0.3 is 10.2 Å². The van der Waals surface area contributed by atoms with Gasteiger partial charge in [-0.3, -0.25) is 4.79 Å². The number of hydrogen-bond acceptors (Lipinski definition) is 3. The highest BCUT2D eigenvalue weighted by Gasteiger charge is 2.26. The molecule has 1 aliphatic rings. The van der Waals surface area contributed by atoms with E-state index in [9.17, 15) is 4.79 Å². The molecule has 25 heavy (non-hydrogen) atoms. The third kappa shape index (κ3) is 4.31. The normalized spacial score (nSPS) is 17.4. The molecule has 0 radical (unpaired) electrons. The second-order valence-corrected chi connectivity index (χ2v) is 6.84. The first-order chi connectivity index (χ1) is 12.2. The van der Waals surface area contributed by atoms with Gasteiger partial charge in [-0.25, -0.2) is 4.98 Å². The summed E-state index contributed by atoms with van der Waals surface area (Å²) in [4.78, 5) is 19.2. The number of nitrogens with zero attached hydrogens (tertiary/aromatic N) is 2. The van der Waals surface area contributed by atoms with Crippen LogP contribution < -0.4 is 5.32 Å². The molecule has 1 aromatic heterocycles. The van der Waals surface area contributed by atoms with Crippen molar-refractivity contribution < 1.29 is 4.79 Å². The zero-order valence-electron chi connectivity index (χ0n) is 14.5. The summed E-state index contributed by atoms with van der Waals surface area (Å²) in [6, 6.07) is 11.8. The summed E-state index contributed by atoms with van der Waals surface area (Å²) in [5.74, 6) is 0.832. The Morgan fingerprint density at radius 1 is 1.28 bits per heavy atom. The summed E-state index contributed by atoms with van der Waals surface area (Å²) in [5, 5.41) is 3.98. The van der Waals surface area contributed by atoms with Crippen LogP contribution in [0.25, 0.3) is 0 Å². The van der Waals surface area contributed by atoms with Crippen LogP contribution in [-0.2, 0) is 6.54 Å². The number of aromatic nitrogens is 1. The van der Waals surface area contributed by atoms with E-state index in [1.165, 1.54) is 6.42 Å². The van der Waals surface area contributed by atoms with E-state index < -0.39 is 0 Å². The lowest BCUT2D eigenvalue weighted by atomic mass is 9.99. The molecule has 1 saturated heterocycles. The standard InChI is InChI=1S/C20H24ClN3O/c1-2-17-8-5-6-12-24(17)20(25)16-10-11-19(23-14-16)22-13-15-7-3-4-9-18(15)21/h3-4,7,9-11,14,17H,2,5-6,8,12-13H2,1H3,(H,22,23). The van der Waals surface area contributed by atoms with Gasteiger partial charge in [-0.2, -0.15) is 0 Å². The van der Waals surface area contributed by atoms with Gasteiger partial charge in [-0.1, -0.05) is 36.7 Å². The molecule has 0 saturated carbocycles. The summed E-state index contributed by atoms with van der Waals surface area (Å²) in [7, 11) is 0. The van der Waals surface area contributed by atoms with Crippen molar-refractivity contribution in [3.63, 3.8) is 0 Å². The Morgan fingerprint density at radius 2 is 2.12 bits per heavy atom. The zero-order valence-corrected chi connectivity index (χ0v) is 15.3. The third-order valence-corrected chi connectivity index (χ3v) is 5.16. The fourth-order valence-electron chi connectivity index (χ4n) is 3.31. The molecule has 1 amide bonds. The molecule has 1 fully saturated rings. The van der Waals surface area contributed by atoms with Crippen LogP contribution in [0, 0.1) is 0 Å². The number of pyridine rings is 1. The van der Waals surface area contributed by atoms with Crippen molar-refractivity contribution in [2.24, 2.45) is 0 Å². The molecule has 1 aromatic carbocycles. The molecule has 0 aliphatic carbocycles. The number of likely N-dealkylation sites (tertiary alicyclic amines) is 1. The number of carbonyl (C=O) groups is 1. The fraction of sp³-hybridized carbons (Fsp3) is 0.400. The number of hydrogen-bond donors (Lipinski definition) is 1. The lowest BCUT2D eigenvalue weighted by molar-refractivity contribution is 0.0607. The second-order valence-electron chi connectivity index (χ2n) is 6.43. The van der Waals surface area contributed by atoms with Gasteiger partial charge in [-0.15, -0.1) is 0 Å². The van der Waals surface area contributed by atoms with Crippen LogP contribution in [0.15, 0.2) is 42.6 Å². The van der Waals surface area contributed by atoms with Crippen molar-refractivity contribution in [3.05, 3.63) is 58.7 Å². The quantitative estimate of drug-likeness (QED) is 0.839. The van der Waals surface area contributed by atoms with Crippen LogP contribution in [0.3, 0.4) is 0 Å². The summed E-state index contributed by atoms with van der Waals surface area (Å²) < 4.78 is 0. The molecule has 2 heterocycles. The van der Waals surface area contributed by atoms with E-state index in [-0.39, 0.29) is 5.91 Å². The summed E-state index contributed by atoms with van der Waals surface area (Å²) >= 11 is 6.16. The number of piperidine rings is 1. The average Bonchev–Trinajstić information content (AvgIpc) is 2.67. The first-order valence-electron chi connectivity index (χ1n) is 8.93. The monoisotopic (exact) mass is 357 g/mol.